The average molecular weight is 347 g/mol. The number of aromatic nitrogens is 2. The van der Waals surface area contributed by atoms with Crippen LogP contribution in [0, 0.1) is 5.92 Å². The molecule has 138 valence electrons. The molecule has 7 heteroatoms. The van der Waals surface area contributed by atoms with Gasteiger partial charge in [0.05, 0.1) is 12.7 Å². The van der Waals surface area contributed by atoms with Crippen molar-refractivity contribution in [3.05, 3.63) is 17.0 Å². The molecule has 1 amide bonds. The van der Waals surface area contributed by atoms with Crippen LogP contribution in [0.5, 0.6) is 0 Å². The Labute approximate surface area is 149 Å². The SMILES string of the molecule is CC(C)[C@H]1CN2C[C@@H](NC(=O)c3n[nH]c4c3CN(C)CC4)C[C@H]2CO1. The quantitative estimate of drug-likeness (QED) is 0.839. The van der Waals surface area contributed by atoms with Gasteiger partial charge in [0.1, 0.15) is 0 Å². The molecule has 2 fully saturated rings. The van der Waals surface area contributed by atoms with Crippen LogP contribution in [0.25, 0.3) is 0 Å². The van der Waals surface area contributed by atoms with E-state index in [0.717, 1.165) is 56.9 Å². The number of nitrogens with zero attached hydrogens (tertiary/aromatic N) is 3. The molecule has 3 aliphatic rings. The Morgan fingerprint density at radius 3 is 3.04 bits per heavy atom. The molecule has 0 bridgehead atoms. The van der Waals surface area contributed by atoms with Gasteiger partial charge in [-0.2, -0.15) is 5.10 Å². The van der Waals surface area contributed by atoms with Crippen molar-refractivity contribution in [2.75, 3.05) is 33.3 Å². The van der Waals surface area contributed by atoms with Gasteiger partial charge in [0.25, 0.3) is 5.91 Å². The highest BCUT2D eigenvalue weighted by molar-refractivity contribution is 5.94. The molecule has 4 rings (SSSR count). The highest BCUT2D eigenvalue weighted by Gasteiger charge is 2.39. The van der Waals surface area contributed by atoms with Crippen LogP contribution in [0.15, 0.2) is 0 Å². The number of rotatable bonds is 3. The van der Waals surface area contributed by atoms with Crippen molar-refractivity contribution in [1.82, 2.24) is 25.3 Å². The summed E-state index contributed by atoms with van der Waals surface area (Å²) in [6.45, 7) is 8.87. The molecule has 0 saturated carbocycles. The first-order valence-corrected chi connectivity index (χ1v) is 9.42. The van der Waals surface area contributed by atoms with E-state index in [-0.39, 0.29) is 11.9 Å². The fourth-order valence-electron chi connectivity index (χ4n) is 4.28. The smallest absolute Gasteiger partial charge is 0.272 e. The Balaban J connectivity index is 1.39. The molecule has 3 atom stereocenters. The van der Waals surface area contributed by atoms with E-state index in [4.69, 9.17) is 4.74 Å². The maximum Gasteiger partial charge on any atom is 0.272 e. The van der Waals surface area contributed by atoms with Gasteiger partial charge in [-0.1, -0.05) is 13.8 Å². The number of fused-ring (bicyclic) bond motifs is 2. The van der Waals surface area contributed by atoms with Crippen molar-refractivity contribution in [2.45, 2.75) is 51.4 Å². The largest absolute Gasteiger partial charge is 0.375 e. The summed E-state index contributed by atoms with van der Waals surface area (Å²) in [5.74, 6) is 0.487. The van der Waals surface area contributed by atoms with E-state index in [0.29, 0.717) is 23.8 Å². The van der Waals surface area contributed by atoms with Gasteiger partial charge in [0.15, 0.2) is 5.69 Å². The van der Waals surface area contributed by atoms with Crippen molar-refractivity contribution >= 4 is 5.91 Å². The molecule has 2 saturated heterocycles. The van der Waals surface area contributed by atoms with E-state index < -0.39 is 0 Å². The van der Waals surface area contributed by atoms with Gasteiger partial charge >= 0.3 is 0 Å². The van der Waals surface area contributed by atoms with Crippen LogP contribution in [-0.4, -0.2) is 77.4 Å². The molecule has 1 aromatic rings. The molecule has 0 spiro atoms. The van der Waals surface area contributed by atoms with Crippen LogP contribution in [0.2, 0.25) is 0 Å². The number of hydrogen-bond donors (Lipinski definition) is 2. The molecular formula is C18H29N5O2. The van der Waals surface area contributed by atoms with Crippen LogP contribution in [0.1, 0.15) is 42.0 Å². The molecule has 0 radical (unpaired) electrons. The maximum atomic E-state index is 12.8. The number of carbonyl (C=O) groups excluding carboxylic acids is 1. The summed E-state index contributed by atoms with van der Waals surface area (Å²) in [4.78, 5) is 17.5. The minimum atomic E-state index is -0.0426. The summed E-state index contributed by atoms with van der Waals surface area (Å²) in [5, 5.41) is 10.6. The molecule has 1 aromatic heterocycles. The van der Waals surface area contributed by atoms with Crippen molar-refractivity contribution in [3.8, 4) is 0 Å². The molecule has 0 aliphatic carbocycles. The summed E-state index contributed by atoms with van der Waals surface area (Å²) < 4.78 is 5.99. The zero-order valence-electron chi connectivity index (χ0n) is 15.4. The first kappa shape index (κ1) is 17.0. The third kappa shape index (κ3) is 3.32. The Kier molecular flexibility index (Phi) is 4.56. The van der Waals surface area contributed by atoms with Crippen molar-refractivity contribution < 1.29 is 9.53 Å². The second-order valence-corrected chi connectivity index (χ2v) is 8.15. The summed E-state index contributed by atoms with van der Waals surface area (Å²) in [7, 11) is 2.08. The maximum absolute atomic E-state index is 12.8. The lowest BCUT2D eigenvalue weighted by Crippen LogP contribution is -2.48. The molecular weight excluding hydrogens is 318 g/mol. The fourth-order valence-corrected chi connectivity index (χ4v) is 4.28. The number of aromatic amines is 1. The summed E-state index contributed by atoms with van der Waals surface area (Å²) in [5.41, 5.74) is 2.74. The van der Waals surface area contributed by atoms with Gasteiger partial charge in [0, 0.05) is 55.9 Å². The lowest BCUT2D eigenvalue weighted by Gasteiger charge is -2.36. The molecule has 4 heterocycles. The Hall–Kier alpha value is -1.44. The van der Waals surface area contributed by atoms with Gasteiger partial charge in [-0.25, -0.2) is 0 Å². The highest BCUT2D eigenvalue weighted by Crippen LogP contribution is 2.26. The molecule has 7 nitrogen and oxygen atoms in total. The fraction of sp³-hybridized carbons (Fsp3) is 0.778. The Bertz CT molecular complexity index is 643. The van der Waals surface area contributed by atoms with Crippen LogP contribution in [0.4, 0.5) is 0 Å². The number of likely N-dealkylation sites (N-methyl/N-ethyl adjacent to an activating group) is 1. The van der Waals surface area contributed by atoms with E-state index in [1.165, 1.54) is 0 Å². The third-order valence-corrected chi connectivity index (χ3v) is 5.86. The van der Waals surface area contributed by atoms with Gasteiger partial charge < -0.3 is 15.0 Å². The monoisotopic (exact) mass is 347 g/mol. The second-order valence-electron chi connectivity index (χ2n) is 8.15. The zero-order valence-corrected chi connectivity index (χ0v) is 15.4. The molecule has 3 aliphatic heterocycles. The number of morpholine rings is 1. The van der Waals surface area contributed by atoms with Crippen LogP contribution in [0.3, 0.4) is 0 Å². The minimum Gasteiger partial charge on any atom is -0.375 e. The number of H-pyrrole nitrogens is 1. The third-order valence-electron chi connectivity index (χ3n) is 5.86. The predicted molar refractivity (Wildman–Crippen MR) is 94.4 cm³/mol. The van der Waals surface area contributed by atoms with Gasteiger partial charge in [-0.05, 0) is 19.4 Å². The predicted octanol–water partition coefficient (Wildman–Crippen LogP) is 0.625. The number of carbonyl (C=O) groups is 1. The molecule has 0 unspecified atom stereocenters. The van der Waals surface area contributed by atoms with E-state index in [1.54, 1.807) is 0 Å². The zero-order chi connectivity index (χ0) is 17.6. The minimum absolute atomic E-state index is 0.0426. The Morgan fingerprint density at radius 1 is 1.40 bits per heavy atom. The van der Waals surface area contributed by atoms with Crippen LogP contribution in [-0.2, 0) is 17.7 Å². The summed E-state index contributed by atoms with van der Waals surface area (Å²) in [6, 6.07) is 0.611. The van der Waals surface area contributed by atoms with Crippen LogP contribution < -0.4 is 5.32 Å². The van der Waals surface area contributed by atoms with Crippen molar-refractivity contribution in [3.63, 3.8) is 0 Å². The normalized spacial score (nSPS) is 30.3. The van der Waals surface area contributed by atoms with E-state index in [1.807, 2.05) is 0 Å². The average Bonchev–Trinajstić information content (AvgIpc) is 3.16. The molecule has 25 heavy (non-hydrogen) atoms. The lowest BCUT2D eigenvalue weighted by atomic mass is 10.0. The lowest BCUT2D eigenvalue weighted by molar-refractivity contribution is -0.0683. The van der Waals surface area contributed by atoms with E-state index in [9.17, 15) is 4.79 Å². The number of nitrogens with one attached hydrogen (secondary N) is 2. The van der Waals surface area contributed by atoms with Gasteiger partial charge in [-0.15, -0.1) is 0 Å². The summed E-state index contributed by atoms with van der Waals surface area (Å²) in [6.07, 6.45) is 2.20. The van der Waals surface area contributed by atoms with Crippen LogP contribution >= 0.6 is 0 Å². The standard InChI is InChI=1S/C18H29N5O2/c1-11(2)16-9-23-7-12(6-13(23)10-25-16)19-18(24)17-14-8-22(3)5-4-15(14)20-21-17/h11-13,16H,4-10H2,1-3H3,(H,19,24)(H,20,21)/t12-,13-,16+/m0/s1. The molecule has 0 aromatic carbocycles. The van der Waals surface area contributed by atoms with E-state index >= 15 is 0 Å². The second kappa shape index (κ2) is 6.70. The highest BCUT2D eigenvalue weighted by atomic mass is 16.5. The first-order chi connectivity index (χ1) is 12.0. The number of ether oxygens (including phenoxy) is 1. The summed E-state index contributed by atoms with van der Waals surface area (Å²) >= 11 is 0. The van der Waals surface area contributed by atoms with Gasteiger partial charge in [0.2, 0.25) is 0 Å². The van der Waals surface area contributed by atoms with E-state index in [2.05, 4.69) is 46.2 Å². The topological polar surface area (TPSA) is 73.5 Å². The van der Waals surface area contributed by atoms with Crippen molar-refractivity contribution in [1.29, 1.82) is 0 Å². The Morgan fingerprint density at radius 2 is 2.24 bits per heavy atom. The van der Waals surface area contributed by atoms with Gasteiger partial charge in [-0.3, -0.25) is 14.8 Å². The molecule has 2 N–H and O–H groups in total. The number of hydrogen-bond acceptors (Lipinski definition) is 5. The number of amides is 1. The van der Waals surface area contributed by atoms with Crippen molar-refractivity contribution in [2.24, 2.45) is 5.92 Å². The first-order valence-electron chi connectivity index (χ1n) is 9.42.